The highest BCUT2D eigenvalue weighted by molar-refractivity contribution is 5.54. The van der Waals surface area contributed by atoms with Crippen LogP contribution in [0.5, 0.6) is 11.5 Å². The number of quaternary nitrogens is 1. The number of aryl methyl sites for hydroxylation is 1. The van der Waals surface area contributed by atoms with E-state index >= 15 is 0 Å². The Bertz CT molecular complexity index is 952. The lowest BCUT2D eigenvalue weighted by atomic mass is 10.0. The quantitative estimate of drug-likeness (QED) is 0.667. The first-order valence-corrected chi connectivity index (χ1v) is 10.2. The van der Waals surface area contributed by atoms with E-state index in [0.29, 0.717) is 24.3 Å². The largest absolute Gasteiger partial charge is 0.497 e. The molecule has 0 radical (unpaired) electrons. The molecule has 1 saturated heterocycles. The number of rotatable bonds is 7. The molecule has 0 bridgehead atoms. The smallest absolute Gasteiger partial charge is 0.282 e. The van der Waals surface area contributed by atoms with E-state index in [9.17, 15) is 0 Å². The van der Waals surface area contributed by atoms with Gasteiger partial charge in [0.15, 0.2) is 6.54 Å². The van der Waals surface area contributed by atoms with Crippen molar-refractivity contribution in [1.29, 1.82) is 0 Å². The van der Waals surface area contributed by atoms with Gasteiger partial charge in [-0.3, -0.25) is 0 Å². The summed E-state index contributed by atoms with van der Waals surface area (Å²) in [6, 6.07) is 14.8. The van der Waals surface area contributed by atoms with Crippen molar-refractivity contribution in [2.24, 2.45) is 0 Å². The topological polar surface area (TPSA) is 61.8 Å². The van der Waals surface area contributed by atoms with Gasteiger partial charge in [-0.25, -0.2) is 0 Å². The van der Waals surface area contributed by atoms with Crippen LogP contribution < -0.4 is 14.4 Å². The number of methoxy groups -OCH3 is 2. The zero-order valence-electron chi connectivity index (χ0n) is 17.3. The summed E-state index contributed by atoms with van der Waals surface area (Å²) in [5.41, 5.74) is 3.49. The van der Waals surface area contributed by atoms with E-state index in [0.717, 1.165) is 42.9 Å². The number of nitrogens with one attached hydrogen (secondary N) is 1. The lowest BCUT2D eigenvalue weighted by Crippen LogP contribution is -3.09. The van der Waals surface area contributed by atoms with Crippen molar-refractivity contribution < 1.29 is 18.9 Å². The molecule has 0 aliphatic carbocycles. The molecule has 29 heavy (non-hydrogen) atoms. The summed E-state index contributed by atoms with van der Waals surface area (Å²) in [7, 11) is 3.38. The van der Waals surface area contributed by atoms with Gasteiger partial charge < -0.3 is 18.9 Å². The molecule has 4 rings (SSSR count). The second-order valence-corrected chi connectivity index (χ2v) is 7.45. The highest BCUT2D eigenvalue weighted by Gasteiger charge is 2.33. The Hall–Kier alpha value is -2.86. The predicted octanol–water partition coefficient (Wildman–Crippen LogP) is 3.24. The SMILES string of the molecule is CCc1ccc(-c2noc(C[NH+]3CCC[C@@H]3c3ccc(OC)cc3OC)n2)cc1. The van der Waals surface area contributed by atoms with Gasteiger partial charge >= 0.3 is 0 Å². The molecule has 6 nitrogen and oxygen atoms in total. The molecular weight excluding hydrogens is 366 g/mol. The second-order valence-electron chi connectivity index (χ2n) is 7.45. The summed E-state index contributed by atoms with van der Waals surface area (Å²) in [4.78, 5) is 6.07. The van der Waals surface area contributed by atoms with Crippen LogP contribution in [-0.2, 0) is 13.0 Å². The molecule has 152 valence electrons. The Labute approximate surface area is 171 Å². The third kappa shape index (κ3) is 4.12. The van der Waals surface area contributed by atoms with Gasteiger partial charge in [-0.15, -0.1) is 0 Å². The maximum absolute atomic E-state index is 5.63. The lowest BCUT2D eigenvalue weighted by Gasteiger charge is -2.22. The predicted molar refractivity (Wildman–Crippen MR) is 110 cm³/mol. The fraction of sp³-hybridized carbons (Fsp3) is 0.391. The average Bonchev–Trinajstić information content (AvgIpc) is 3.43. The van der Waals surface area contributed by atoms with Crippen LogP contribution in [0.15, 0.2) is 47.0 Å². The van der Waals surface area contributed by atoms with Gasteiger partial charge in [0.1, 0.15) is 17.5 Å². The zero-order chi connectivity index (χ0) is 20.2. The van der Waals surface area contributed by atoms with Gasteiger partial charge in [0.25, 0.3) is 5.89 Å². The molecule has 0 spiro atoms. The summed E-state index contributed by atoms with van der Waals surface area (Å²) < 4.78 is 16.6. The molecule has 3 aromatic rings. The molecule has 6 heteroatoms. The van der Waals surface area contributed by atoms with Crippen molar-refractivity contribution in [3.63, 3.8) is 0 Å². The molecule has 0 saturated carbocycles. The van der Waals surface area contributed by atoms with E-state index < -0.39 is 0 Å². The lowest BCUT2D eigenvalue weighted by molar-refractivity contribution is -0.933. The minimum atomic E-state index is 0.343. The van der Waals surface area contributed by atoms with E-state index in [1.165, 1.54) is 16.0 Å². The molecule has 1 unspecified atom stereocenters. The maximum atomic E-state index is 5.63. The summed E-state index contributed by atoms with van der Waals surface area (Å²) in [6.45, 7) is 3.93. The number of nitrogens with zero attached hydrogens (tertiary/aromatic N) is 2. The molecule has 0 amide bonds. The molecule has 1 aromatic heterocycles. The Balaban J connectivity index is 1.51. The minimum Gasteiger partial charge on any atom is -0.497 e. The fourth-order valence-corrected chi connectivity index (χ4v) is 4.13. The van der Waals surface area contributed by atoms with Gasteiger partial charge in [0.05, 0.1) is 26.3 Å². The van der Waals surface area contributed by atoms with E-state index in [1.54, 1.807) is 14.2 Å². The van der Waals surface area contributed by atoms with Crippen LogP contribution in [-0.4, -0.2) is 30.9 Å². The molecule has 1 N–H and O–H groups in total. The summed E-state index contributed by atoms with van der Waals surface area (Å²) >= 11 is 0. The van der Waals surface area contributed by atoms with Crippen molar-refractivity contribution in [3.05, 3.63) is 59.5 Å². The average molecular weight is 394 g/mol. The first-order chi connectivity index (χ1) is 14.2. The zero-order valence-corrected chi connectivity index (χ0v) is 17.3. The molecule has 2 aromatic carbocycles. The highest BCUT2D eigenvalue weighted by Crippen LogP contribution is 2.31. The number of aromatic nitrogens is 2. The molecular formula is C23H28N3O3+. The van der Waals surface area contributed by atoms with Crippen LogP contribution in [0.3, 0.4) is 0 Å². The molecule has 2 heterocycles. The number of ether oxygens (including phenoxy) is 2. The van der Waals surface area contributed by atoms with Gasteiger partial charge in [-0.05, 0) is 24.1 Å². The third-order valence-corrected chi connectivity index (χ3v) is 5.77. The van der Waals surface area contributed by atoms with Crippen molar-refractivity contribution in [1.82, 2.24) is 10.1 Å². The maximum Gasteiger partial charge on any atom is 0.282 e. The Kier molecular flexibility index (Phi) is 5.81. The normalized spacial score (nSPS) is 18.7. The van der Waals surface area contributed by atoms with Crippen LogP contribution in [0.25, 0.3) is 11.4 Å². The van der Waals surface area contributed by atoms with Crippen LogP contribution in [0.2, 0.25) is 0 Å². The van der Waals surface area contributed by atoms with Crippen molar-refractivity contribution >= 4 is 0 Å². The summed E-state index contributed by atoms with van der Waals surface area (Å²) in [5, 5.41) is 4.20. The number of hydrogen-bond donors (Lipinski definition) is 1. The van der Waals surface area contributed by atoms with Crippen molar-refractivity contribution in [2.45, 2.75) is 38.8 Å². The second kappa shape index (κ2) is 8.66. The van der Waals surface area contributed by atoms with Crippen LogP contribution in [0.4, 0.5) is 0 Å². The van der Waals surface area contributed by atoms with E-state index in [-0.39, 0.29) is 0 Å². The van der Waals surface area contributed by atoms with Gasteiger partial charge in [0.2, 0.25) is 5.82 Å². The Morgan fingerprint density at radius 1 is 1.10 bits per heavy atom. The van der Waals surface area contributed by atoms with E-state index in [1.807, 2.05) is 12.1 Å². The first kappa shape index (κ1) is 19.5. The molecule has 1 fully saturated rings. The summed E-state index contributed by atoms with van der Waals surface area (Å²) in [5.74, 6) is 3.01. The first-order valence-electron chi connectivity index (χ1n) is 10.2. The van der Waals surface area contributed by atoms with Crippen LogP contribution in [0, 0.1) is 0 Å². The Morgan fingerprint density at radius 3 is 2.66 bits per heavy atom. The third-order valence-electron chi connectivity index (χ3n) is 5.77. The monoisotopic (exact) mass is 394 g/mol. The molecule has 1 aliphatic rings. The van der Waals surface area contributed by atoms with Gasteiger partial charge in [-0.1, -0.05) is 36.3 Å². The fourth-order valence-electron chi connectivity index (χ4n) is 4.13. The van der Waals surface area contributed by atoms with Crippen molar-refractivity contribution in [2.75, 3.05) is 20.8 Å². The minimum absolute atomic E-state index is 0.343. The summed E-state index contributed by atoms with van der Waals surface area (Å²) in [6.07, 6.45) is 3.29. The molecule has 1 aliphatic heterocycles. The number of benzene rings is 2. The standard InChI is InChI=1S/C23H27N3O3/c1-4-16-7-9-17(10-8-16)23-24-22(29-25-23)15-26-13-5-6-20(26)19-12-11-18(27-2)14-21(19)28-3/h7-12,14,20H,4-6,13,15H2,1-3H3/p+1/t20-/m1/s1. The van der Waals surface area contributed by atoms with Crippen LogP contribution in [0.1, 0.15) is 42.8 Å². The van der Waals surface area contributed by atoms with Crippen molar-refractivity contribution in [3.8, 4) is 22.9 Å². The van der Waals surface area contributed by atoms with E-state index in [4.69, 9.17) is 14.0 Å². The van der Waals surface area contributed by atoms with E-state index in [2.05, 4.69) is 47.4 Å². The number of likely N-dealkylation sites (tertiary alicyclic amines) is 1. The van der Waals surface area contributed by atoms with Gasteiger partial charge in [-0.2, -0.15) is 4.98 Å². The Morgan fingerprint density at radius 2 is 1.93 bits per heavy atom. The molecule has 2 atom stereocenters. The van der Waals surface area contributed by atoms with Crippen LogP contribution >= 0.6 is 0 Å². The van der Waals surface area contributed by atoms with Gasteiger partial charge in [0, 0.05) is 24.5 Å². The number of hydrogen-bond acceptors (Lipinski definition) is 5. The highest BCUT2D eigenvalue weighted by atomic mass is 16.5.